The fourth-order valence-corrected chi connectivity index (χ4v) is 25.6. The van der Waals surface area contributed by atoms with Gasteiger partial charge >= 0.3 is 0 Å². The van der Waals surface area contributed by atoms with Crippen molar-refractivity contribution in [1.29, 1.82) is 0 Å². The molecule has 0 radical (unpaired) electrons. The number of rotatable bonds is 2. The number of hydrogen-bond acceptors (Lipinski definition) is 2. The summed E-state index contributed by atoms with van der Waals surface area (Å²) in [5.74, 6) is 0. The van der Waals surface area contributed by atoms with Gasteiger partial charge in [-0.05, 0) is 109 Å². The second kappa shape index (κ2) is 12.2. The molecule has 0 aromatic heterocycles. The first-order valence-electron chi connectivity index (χ1n) is 17.5. The van der Waals surface area contributed by atoms with Crippen LogP contribution < -0.4 is 31.0 Å². The zero-order valence-electron chi connectivity index (χ0n) is 31.2. The number of nitrogens with zero attached hydrogens (tertiary/aromatic N) is 2. The van der Waals surface area contributed by atoms with E-state index in [4.69, 9.17) is 0 Å². The number of anilines is 4. The molecular formula is C43H51N2P2Si2+. The van der Waals surface area contributed by atoms with Crippen LogP contribution in [-0.2, 0) is 0 Å². The Kier molecular flexibility index (Phi) is 8.52. The molecule has 6 heteroatoms. The van der Waals surface area contributed by atoms with Crippen LogP contribution in [-0.4, -0.2) is 36.2 Å². The van der Waals surface area contributed by atoms with Crippen LogP contribution in [0.5, 0.6) is 0 Å². The Hall–Kier alpha value is -3.27. The van der Waals surface area contributed by atoms with E-state index in [2.05, 4.69) is 193 Å². The molecule has 1 aliphatic heterocycles. The summed E-state index contributed by atoms with van der Waals surface area (Å²) in [5, 5.41) is 11.3. The van der Waals surface area contributed by atoms with Crippen molar-refractivity contribution in [1.82, 2.24) is 0 Å². The summed E-state index contributed by atoms with van der Waals surface area (Å²) in [5.41, 5.74) is 8.07. The SMILES string of the molecule is Cc1ccc2c(c1)N(C)c1cc(C)ccc1[P+](C)([Si](C)(C)C)c1cc3ccccc3cc1N(C)c1cc3ccccc3cc1P2[Si](C)(C)C. The highest BCUT2D eigenvalue weighted by atomic mass is 31.4. The van der Waals surface area contributed by atoms with Gasteiger partial charge < -0.3 is 9.80 Å². The number of fused-ring (bicyclic) bond motifs is 6. The smallest absolute Gasteiger partial charge is 0.232 e. The monoisotopic (exact) mass is 713 g/mol. The highest BCUT2D eigenvalue weighted by Crippen LogP contribution is 2.65. The van der Waals surface area contributed by atoms with E-state index in [0.29, 0.717) is 0 Å². The van der Waals surface area contributed by atoms with Crippen LogP contribution in [0.3, 0.4) is 0 Å². The second-order valence-corrected chi connectivity index (χ2v) is 41.5. The lowest BCUT2D eigenvalue weighted by atomic mass is 10.1. The number of benzene rings is 6. The lowest BCUT2D eigenvalue weighted by Crippen LogP contribution is -2.43. The van der Waals surface area contributed by atoms with Crippen LogP contribution in [0.1, 0.15) is 11.1 Å². The molecule has 6 aromatic carbocycles. The van der Waals surface area contributed by atoms with Crippen molar-refractivity contribution in [2.24, 2.45) is 0 Å². The molecule has 0 aliphatic carbocycles. The van der Waals surface area contributed by atoms with Gasteiger partial charge in [-0.3, -0.25) is 0 Å². The summed E-state index contributed by atoms with van der Waals surface area (Å²) >= 11 is 0. The van der Waals surface area contributed by atoms with Gasteiger partial charge in [0.2, 0.25) is 7.74 Å². The van der Waals surface area contributed by atoms with Crippen LogP contribution >= 0.6 is 14.3 Å². The van der Waals surface area contributed by atoms with Crippen molar-refractivity contribution < 1.29 is 0 Å². The lowest BCUT2D eigenvalue weighted by Gasteiger charge is -2.42. The summed E-state index contributed by atoms with van der Waals surface area (Å²) in [6, 6.07) is 42.8. The maximum Gasteiger partial charge on any atom is 0.232 e. The molecule has 49 heavy (non-hydrogen) atoms. The quantitative estimate of drug-likeness (QED) is 0.130. The van der Waals surface area contributed by atoms with Gasteiger partial charge in [0.25, 0.3) is 0 Å². The molecule has 2 nitrogen and oxygen atoms in total. The van der Waals surface area contributed by atoms with E-state index in [9.17, 15) is 0 Å². The van der Waals surface area contributed by atoms with E-state index in [1.165, 1.54) is 76.6 Å². The maximum absolute atomic E-state index is 2.67. The van der Waals surface area contributed by atoms with Crippen LogP contribution in [0.4, 0.5) is 22.7 Å². The van der Waals surface area contributed by atoms with Gasteiger partial charge in [-0.15, -0.1) is 0 Å². The highest BCUT2D eigenvalue weighted by molar-refractivity contribution is 8.17. The van der Waals surface area contributed by atoms with Crippen LogP contribution in [0.15, 0.2) is 109 Å². The van der Waals surface area contributed by atoms with Crippen molar-refractivity contribution in [3.8, 4) is 0 Å². The predicted molar refractivity (Wildman–Crippen MR) is 231 cm³/mol. The molecule has 0 saturated carbocycles. The Morgan fingerprint density at radius 2 is 0.939 bits per heavy atom. The minimum atomic E-state index is -1.94. The van der Waals surface area contributed by atoms with Gasteiger partial charge in [0.05, 0.1) is 19.1 Å². The molecule has 1 heterocycles. The normalized spacial score (nSPS) is 18.3. The summed E-state index contributed by atoms with van der Waals surface area (Å²) in [6.45, 7) is 20.8. The standard InChI is InChI=1S/C43H51N2P2Si2/c1-30-20-22-40-36(24-30)44(3)38-25-31(2)21-23-42(38)47(5,49(9,10)11)43-29-35-19-15-13-17-33(35)27-39(43)45(4)37-26-32-16-12-14-18-34(32)28-41(37)46(40)48(6,7)8/h12-29H,1-11H3/q+1. The first kappa shape index (κ1) is 34.2. The van der Waals surface area contributed by atoms with Crippen molar-refractivity contribution in [2.75, 3.05) is 30.6 Å². The third-order valence-corrected chi connectivity index (χ3v) is 34.2. The predicted octanol–water partition coefficient (Wildman–Crippen LogP) is 11.2. The molecule has 2 unspecified atom stereocenters. The number of aryl methyl sites for hydroxylation is 2. The highest BCUT2D eigenvalue weighted by Gasteiger charge is 2.54. The Balaban J connectivity index is 1.72. The number of hydrogen-bond donors (Lipinski definition) is 0. The first-order chi connectivity index (χ1) is 23.1. The molecule has 1 aliphatic rings. The Morgan fingerprint density at radius 3 is 1.49 bits per heavy atom. The lowest BCUT2D eigenvalue weighted by molar-refractivity contribution is 1.21. The van der Waals surface area contributed by atoms with Crippen LogP contribution in [0.2, 0.25) is 39.3 Å². The summed E-state index contributed by atoms with van der Waals surface area (Å²) in [4.78, 5) is 5.19. The summed E-state index contributed by atoms with van der Waals surface area (Å²) in [6.07, 6.45) is 0. The molecule has 0 N–H and O–H groups in total. The van der Waals surface area contributed by atoms with Crippen molar-refractivity contribution in [2.45, 2.75) is 53.1 Å². The molecule has 0 amide bonds. The average molecular weight is 714 g/mol. The Bertz CT molecular complexity index is 2250. The fraction of sp³-hybridized carbons (Fsp3) is 0.256. The van der Waals surface area contributed by atoms with Crippen LogP contribution in [0, 0.1) is 13.8 Å². The minimum Gasteiger partial charge on any atom is -0.341 e. The Morgan fingerprint density at radius 1 is 0.490 bits per heavy atom. The zero-order valence-corrected chi connectivity index (χ0v) is 35.0. The maximum atomic E-state index is 2.67. The largest absolute Gasteiger partial charge is 0.341 e. The van der Waals surface area contributed by atoms with Crippen LogP contribution in [0.25, 0.3) is 21.5 Å². The van der Waals surface area contributed by atoms with E-state index in [0.717, 1.165) is 0 Å². The van der Waals surface area contributed by atoms with E-state index >= 15 is 0 Å². The summed E-state index contributed by atoms with van der Waals surface area (Å²) < 4.78 is 0. The molecule has 250 valence electrons. The average Bonchev–Trinajstić information content (AvgIpc) is 3.05. The van der Waals surface area contributed by atoms with E-state index in [1.807, 2.05) is 0 Å². The van der Waals surface area contributed by atoms with E-state index in [-0.39, 0.29) is 0 Å². The zero-order chi connectivity index (χ0) is 35.0. The van der Waals surface area contributed by atoms with Gasteiger partial charge in [-0.2, -0.15) is 0 Å². The van der Waals surface area contributed by atoms with Gasteiger partial charge in [0.1, 0.15) is 10.6 Å². The second-order valence-electron chi connectivity index (χ2n) is 16.2. The molecule has 7 rings (SSSR count). The molecule has 2 atom stereocenters. The third-order valence-electron chi connectivity index (χ3n) is 10.9. The molecule has 0 fully saturated rings. The van der Waals surface area contributed by atoms with Crippen molar-refractivity contribution in [3.05, 3.63) is 120 Å². The molecule has 0 spiro atoms. The van der Waals surface area contributed by atoms with Gasteiger partial charge in [-0.1, -0.05) is 93.8 Å². The van der Waals surface area contributed by atoms with E-state index in [1.54, 1.807) is 0 Å². The molecular weight excluding hydrogens is 663 g/mol. The molecule has 0 saturated heterocycles. The minimum absolute atomic E-state index is 0.670. The summed E-state index contributed by atoms with van der Waals surface area (Å²) in [7, 11) is 0.341. The van der Waals surface area contributed by atoms with Gasteiger partial charge in [0, 0.05) is 49.6 Å². The van der Waals surface area contributed by atoms with Gasteiger partial charge in [-0.25, -0.2) is 0 Å². The third kappa shape index (κ3) is 5.70. The Labute approximate surface area is 298 Å². The molecule has 0 bridgehead atoms. The topological polar surface area (TPSA) is 6.48 Å². The first-order valence-corrected chi connectivity index (χ1v) is 29.8. The van der Waals surface area contributed by atoms with Crippen molar-refractivity contribution in [3.63, 3.8) is 0 Å². The van der Waals surface area contributed by atoms with Gasteiger partial charge in [0.15, 0.2) is 0 Å². The van der Waals surface area contributed by atoms with E-state index < -0.39 is 29.8 Å². The molecule has 6 aromatic rings. The van der Waals surface area contributed by atoms with Crippen molar-refractivity contribution >= 4 is 95.3 Å². The fourth-order valence-electron chi connectivity index (χ4n) is 7.84.